The second-order valence-electron chi connectivity index (χ2n) is 4.81. The molecule has 2 rings (SSSR count). The first-order chi connectivity index (χ1) is 7.45. The summed E-state index contributed by atoms with van der Waals surface area (Å²) in [5.41, 5.74) is 0. The molecule has 0 bridgehead atoms. The van der Waals surface area contributed by atoms with E-state index in [1.165, 1.54) is 43.7 Å². The van der Waals surface area contributed by atoms with E-state index in [1.54, 1.807) is 0 Å². The van der Waals surface area contributed by atoms with E-state index in [-0.39, 0.29) is 0 Å². The molecule has 2 nitrogen and oxygen atoms in total. The topological polar surface area (TPSA) is 21.3 Å². The van der Waals surface area contributed by atoms with Gasteiger partial charge in [0.1, 0.15) is 0 Å². The third kappa shape index (κ3) is 5.23. The fourth-order valence-corrected chi connectivity index (χ4v) is 3.17. The van der Waals surface area contributed by atoms with Crippen molar-refractivity contribution in [2.75, 3.05) is 37.8 Å². The minimum atomic E-state index is 0.911. The molecule has 0 amide bonds. The van der Waals surface area contributed by atoms with E-state index in [0.29, 0.717) is 0 Å². The zero-order chi connectivity index (χ0) is 10.3. The molecule has 0 spiro atoms. The van der Waals surface area contributed by atoms with Crippen LogP contribution < -0.4 is 5.32 Å². The molecule has 1 saturated carbocycles. The molecule has 2 aliphatic rings. The highest BCUT2D eigenvalue weighted by Crippen LogP contribution is 2.28. The first-order valence-corrected chi connectivity index (χ1v) is 7.47. The summed E-state index contributed by atoms with van der Waals surface area (Å²) in [7, 11) is 0. The predicted molar refractivity (Wildman–Crippen MR) is 66.5 cm³/mol. The van der Waals surface area contributed by atoms with Crippen LogP contribution in [-0.2, 0) is 4.74 Å². The first kappa shape index (κ1) is 11.7. The molecular formula is C12H23NOS. The molecule has 1 N–H and O–H groups in total. The predicted octanol–water partition coefficient (Wildman–Crippen LogP) is 2.15. The van der Waals surface area contributed by atoms with E-state index < -0.39 is 0 Å². The lowest BCUT2D eigenvalue weighted by atomic mass is 10.1. The maximum absolute atomic E-state index is 5.59. The number of thioether (sulfide) groups is 1. The van der Waals surface area contributed by atoms with Crippen molar-refractivity contribution in [3.05, 3.63) is 0 Å². The lowest BCUT2D eigenvalue weighted by Gasteiger charge is -2.09. The van der Waals surface area contributed by atoms with E-state index >= 15 is 0 Å². The molecule has 1 unspecified atom stereocenters. The highest BCUT2D eigenvalue weighted by Gasteiger charge is 2.20. The summed E-state index contributed by atoms with van der Waals surface area (Å²) in [6.45, 7) is 4.31. The molecule has 2 fully saturated rings. The van der Waals surface area contributed by atoms with Crippen molar-refractivity contribution >= 4 is 11.8 Å². The second kappa shape index (κ2) is 6.77. The third-order valence-electron chi connectivity index (χ3n) is 3.15. The van der Waals surface area contributed by atoms with Gasteiger partial charge in [0.2, 0.25) is 0 Å². The maximum Gasteiger partial charge on any atom is 0.0494 e. The first-order valence-electron chi connectivity index (χ1n) is 6.31. The molecule has 88 valence electrons. The average molecular weight is 229 g/mol. The van der Waals surface area contributed by atoms with Crippen LogP contribution in [0.5, 0.6) is 0 Å². The quantitative estimate of drug-likeness (QED) is 0.644. The molecule has 15 heavy (non-hydrogen) atoms. The smallest absolute Gasteiger partial charge is 0.0494 e. The largest absolute Gasteiger partial charge is 0.381 e. The van der Waals surface area contributed by atoms with Crippen molar-refractivity contribution in [2.45, 2.75) is 25.7 Å². The van der Waals surface area contributed by atoms with E-state index in [2.05, 4.69) is 17.1 Å². The Morgan fingerprint density at radius 1 is 1.20 bits per heavy atom. The number of rotatable bonds is 8. The van der Waals surface area contributed by atoms with Crippen molar-refractivity contribution in [2.24, 2.45) is 11.8 Å². The van der Waals surface area contributed by atoms with Crippen LogP contribution in [0.25, 0.3) is 0 Å². The standard InChI is InChI=1S/C12H23NOS/c1(6-14-9-11-2-3-11)5-13-8-12-4-7-15-10-12/h11-13H,1-10H2. The Balaban J connectivity index is 1.32. The van der Waals surface area contributed by atoms with Crippen LogP contribution in [0, 0.1) is 11.8 Å². The number of hydrogen-bond donors (Lipinski definition) is 1. The molecule has 0 aromatic carbocycles. The van der Waals surface area contributed by atoms with Crippen molar-refractivity contribution in [1.29, 1.82) is 0 Å². The molecular weight excluding hydrogens is 206 g/mol. The lowest BCUT2D eigenvalue weighted by molar-refractivity contribution is 0.122. The van der Waals surface area contributed by atoms with Crippen molar-refractivity contribution < 1.29 is 4.74 Å². The summed E-state index contributed by atoms with van der Waals surface area (Å²) in [5, 5.41) is 3.54. The highest BCUT2D eigenvalue weighted by atomic mass is 32.2. The van der Waals surface area contributed by atoms with Crippen molar-refractivity contribution in [1.82, 2.24) is 5.32 Å². The second-order valence-corrected chi connectivity index (χ2v) is 5.96. The van der Waals surface area contributed by atoms with Crippen molar-refractivity contribution in [3.8, 4) is 0 Å². The van der Waals surface area contributed by atoms with E-state index in [0.717, 1.165) is 31.6 Å². The molecule has 0 aromatic heterocycles. The van der Waals surface area contributed by atoms with Gasteiger partial charge in [-0.15, -0.1) is 0 Å². The number of hydrogen-bond acceptors (Lipinski definition) is 3. The van der Waals surface area contributed by atoms with Gasteiger partial charge in [0, 0.05) is 13.2 Å². The van der Waals surface area contributed by atoms with E-state index in [4.69, 9.17) is 4.74 Å². The van der Waals surface area contributed by atoms with Crippen LogP contribution in [0.2, 0.25) is 0 Å². The molecule has 0 radical (unpaired) electrons. The molecule has 1 atom stereocenters. The van der Waals surface area contributed by atoms with Gasteiger partial charge in [0.05, 0.1) is 0 Å². The van der Waals surface area contributed by atoms with Gasteiger partial charge in [-0.2, -0.15) is 11.8 Å². The van der Waals surface area contributed by atoms with Crippen LogP contribution in [-0.4, -0.2) is 37.8 Å². The van der Waals surface area contributed by atoms with Gasteiger partial charge in [0.15, 0.2) is 0 Å². The Labute approximate surface area is 97.5 Å². The summed E-state index contributed by atoms with van der Waals surface area (Å²) in [6, 6.07) is 0. The molecule has 0 aromatic rings. The monoisotopic (exact) mass is 229 g/mol. The van der Waals surface area contributed by atoms with Gasteiger partial charge < -0.3 is 10.1 Å². The van der Waals surface area contributed by atoms with Crippen LogP contribution in [0.1, 0.15) is 25.7 Å². The van der Waals surface area contributed by atoms with Gasteiger partial charge in [-0.05, 0) is 62.1 Å². The Kier molecular flexibility index (Phi) is 5.30. The summed E-state index contributed by atoms with van der Waals surface area (Å²) >= 11 is 2.10. The van der Waals surface area contributed by atoms with Crippen molar-refractivity contribution in [3.63, 3.8) is 0 Å². The zero-order valence-electron chi connectivity index (χ0n) is 9.54. The number of nitrogens with one attached hydrogen (secondary N) is 1. The Bertz CT molecular complexity index is 167. The van der Waals surface area contributed by atoms with Gasteiger partial charge >= 0.3 is 0 Å². The fourth-order valence-electron chi connectivity index (χ4n) is 1.88. The fraction of sp³-hybridized carbons (Fsp3) is 1.00. The van der Waals surface area contributed by atoms with Gasteiger partial charge in [-0.3, -0.25) is 0 Å². The normalized spacial score (nSPS) is 26.0. The van der Waals surface area contributed by atoms with Crippen LogP contribution in [0.3, 0.4) is 0 Å². The maximum atomic E-state index is 5.59. The van der Waals surface area contributed by atoms with Gasteiger partial charge in [-0.25, -0.2) is 0 Å². The summed E-state index contributed by atoms with van der Waals surface area (Å²) in [5.74, 6) is 4.58. The molecule has 1 heterocycles. The van der Waals surface area contributed by atoms with Crippen LogP contribution >= 0.6 is 11.8 Å². The third-order valence-corrected chi connectivity index (χ3v) is 4.38. The van der Waals surface area contributed by atoms with E-state index in [9.17, 15) is 0 Å². The molecule has 3 heteroatoms. The SMILES string of the molecule is C(CNCC1CCSC1)COCC1CC1. The van der Waals surface area contributed by atoms with Gasteiger partial charge in [-0.1, -0.05) is 0 Å². The van der Waals surface area contributed by atoms with Crippen LogP contribution in [0.4, 0.5) is 0 Å². The van der Waals surface area contributed by atoms with E-state index in [1.807, 2.05) is 0 Å². The van der Waals surface area contributed by atoms with Crippen LogP contribution in [0.15, 0.2) is 0 Å². The molecule has 1 saturated heterocycles. The number of ether oxygens (including phenoxy) is 1. The average Bonchev–Trinajstić information content (AvgIpc) is 2.92. The summed E-state index contributed by atoms with van der Waals surface area (Å²) in [4.78, 5) is 0. The molecule has 1 aliphatic heterocycles. The Morgan fingerprint density at radius 2 is 2.13 bits per heavy atom. The zero-order valence-corrected chi connectivity index (χ0v) is 10.4. The summed E-state index contributed by atoms with van der Waals surface area (Å²) in [6.07, 6.45) is 5.39. The highest BCUT2D eigenvalue weighted by molar-refractivity contribution is 7.99. The Hall–Kier alpha value is 0.270. The van der Waals surface area contributed by atoms with Gasteiger partial charge in [0.25, 0.3) is 0 Å². The minimum absolute atomic E-state index is 0.911. The Morgan fingerprint density at radius 3 is 2.87 bits per heavy atom. The summed E-state index contributed by atoms with van der Waals surface area (Å²) < 4.78 is 5.59. The molecule has 1 aliphatic carbocycles. The minimum Gasteiger partial charge on any atom is -0.381 e. The lowest BCUT2D eigenvalue weighted by Crippen LogP contribution is -2.24.